The zero-order valence-electron chi connectivity index (χ0n) is 32.8. The molecule has 3 aromatic rings. The standard InChI is InChI=1S/C46H57FN2O7S/c1-2-25-54-46-42(57-27-20-32-18-21-48-22-19-32)30-40(49-56-43-15-7-10-26-52-43)37-28-33(11-5-8-23-50)36(13-6-9-24-51)44(45(37)46)38-29-35(16-17-41(38)55-46)53-31-34-12-3-4-14-39(34)47/h2-4,12,14,16-19,21-22,28-29,33,36,42-45,50-51H,1,5-11,13,15,20,23-27,30-31H2. The minimum Gasteiger partial charge on any atom is -0.489 e. The van der Waals surface area contributed by atoms with Gasteiger partial charge in [-0.15, -0.1) is 6.58 Å². The van der Waals surface area contributed by atoms with Crippen LogP contribution >= 0.6 is 11.8 Å². The van der Waals surface area contributed by atoms with E-state index in [1.54, 1.807) is 18.2 Å². The summed E-state index contributed by atoms with van der Waals surface area (Å²) in [6.07, 6.45) is 16.7. The van der Waals surface area contributed by atoms with Crippen molar-refractivity contribution >= 4 is 17.5 Å². The highest BCUT2D eigenvalue weighted by Gasteiger charge is 2.64. The lowest BCUT2D eigenvalue weighted by Gasteiger charge is -2.58. The molecule has 1 aromatic heterocycles. The van der Waals surface area contributed by atoms with Gasteiger partial charge >= 0.3 is 0 Å². The maximum absolute atomic E-state index is 14.7. The molecule has 0 spiro atoms. The SMILES string of the molecule is C=CCOC12Oc3ccc(OCc4ccccc4F)cc3C3C(CCCCO)C(CCCCO)C=C(C(=NOC4CCCCO4)CC1SCCc1ccncc1)C32. The van der Waals surface area contributed by atoms with E-state index in [1.807, 2.05) is 42.4 Å². The van der Waals surface area contributed by atoms with Gasteiger partial charge in [0.25, 0.3) is 0 Å². The zero-order chi connectivity index (χ0) is 39.5. The van der Waals surface area contributed by atoms with Crippen LogP contribution in [-0.4, -0.2) is 70.4 Å². The summed E-state index contributed by atoms with van der Waals surface area (Å²) in [5.41, 5.74) is 4.68. The fourth-order valence-corrected chi connectivity index (χ4v) is 10.5. The maximum Gasteiger partial charge on any atom is 0.230 e. The first-order chi connectivity index (χ1) is 28.0. The molecule has 57 heavy (non-hydrogen) atoms. The van der Waals surface area contributed by atoms with Gasteiger partial charge in [0, 0.05) is 55.5 Å². The lowest BCUT2D eigenvalue weighted by Crippen LogP contribution is -2.64. The summed E-state index contributed by atoms with van der Waals surface area (Å²) in [6.45, 7) is 5.36. The Morgan fingerprint density at radius 3 is 2.61 bits per heavy atom. The Labute approximate surface area is 340 Å². The van der Waals surface area contributed by atoms with Gasteiger partial charge in [0.2, 0.25) is 12.1 Å². The van der Waals surface area contributed by atoms with Gasteiger partial charge in [0.05, 0.1) is 30.1 Å². The van der Waals surface area contributed by atoms with Crippen molar-refractivity contribution < 1.29 is 38.4 Å². The van der Waals surface area contributed by atoms with E-state index in [1.165, 1.54) is 11.6 Å². The van der Waals surface area contributed by atoms with Gasteiger partial charge in [-0.2, -0.15) is 11.8 Å². The number of fused-ring (bicyclic) bond motifs is 2. The Kier molecular flexibility index (Phi) is 14.7. The molecule has 2 fully saturated rings. The molecule has 9 nitrogen and oxygen atoms in total. The molecular formula is C46H57FN2O7S. The van der Waals surface area contributed by atoms with E-state index in [4.69, 9.17) is 28.9 Å². The predicted octanol–water partition coefficient (Wildman–Crippen LogP) is 8.94. The number of aromatic nitrogens is 1. The third-order valence-corrected chi connectivity index (χ3v) is 13.2. The topological polar surface area (TPSA) is 112 Å². The molecule has 1 saturated heterocycles. The van der Waals surface area contributed by atoms with E-state index in [-0.39, 0.29) is 54.6 Å². The lowest BCUT2D eigenvalue weighted by molar-refractivity contribution is -0.223. The van der Waals surface area contributed by atoms with E-state index >= 15 is 0 Å². The Morgan fingerprint density at radius 1 is 1.02 bits per heavy atom. The second kappa shape index (κ2) is 20.3. The van der Waals surface area contributed by atoms with E-state index in [0.29, 0.717) is 37.4 Å². The Hall–Kier alpha value is -3.74. The van der Waals surface area contributed by atoms with Crippen molar-refractivity contribution in [1.82, 2.24) is 4.98 Å². The maximum atomic E-state index is 14.7. The number of allylic oxidation sites excluding steroid dienone is 1. The van der Waals surface area contributed by atoms with Crippen LogP contribution in [0.2, 0.25) is 0 Å². The van der Waals surface area contributed by atoms with Crippen LogP contribution in [0.1, 0.15) is 86.8 Å². The summed E-state index contributed by atoms with van der Waals surface area (Å²) in [4.78, 5) is 10.5. The van der Waals surface area contributed by atoms with Gasteiger partial charge in [0.1, 0.15) is 23.9 Å². The molecule has 0 amide bonds. The Bertz CT molecular complexity index is 1820. The number of hydrogen-bond donors (Lipinski definition) is 2. The molecule has 7 rings (SSSR count). The van der Waals surface area contributed by atoms with Crippen molar-refractivity contribution in [2.75, 3.05) is 32.2 Å². The largest absolute Gasteiger partial charge is 0.489 e. The first-order valence-corrected chi connectivity index (χ1v) is 21.8. The smallest absolute Gasteiger partial charge is 0.230 e. The number of oxime groups is 1. The molecular weight excluding hydrogens is 744 g/mol. The van der Waals surface area contributed by atoms with Crippen molar-refractivity contribution in [2.45, 2.75) is 100 Å². The highest BCUT2D eigenvalue weighted by Crippen LogP contribution is 2.62. The number of aliphatic hydroxyl groups excluding tert-OH is 2. The molecule has 2 aliphatic carbocycles. The van der Waals surface area contributed by atoms with Crippen molar-refractivity contribution in [3.05, 3.63) is 114 Å². The molecule has 3 heterocycles. The number of aliphatic hydroxyl groups is 2. The number of unbranched alkanes of at least 4 members (excludes halogenated alkanes) is 2. The van der Waals surface area contributed by atoms with Gasteiger partial charge in [-0.25, -0.2) is 4.39 Å². The van der Waals surface area contributed by atoms with Crippen LogP contribution in [0, 0.1) is 23.6 Å². The fraction of sp³-hybridized carbons (Fsp3) is 0.522. The summed E-state index contributed by atoms with van der Waals surface area (Å²) >= 11 is 1.84. The van der Waals surface area contributed by atoms with Gasteiger partial charge < -0.3 is 34.0 Å². The van der Waals surface area contributed by atoms with Crippen LogP contribution in [0.3, 0.4) is 0 Å². The first kappa shape index (κ1) is 41.4. The van der Waals surface area contributed by atoms with Crippen LogP contribution in [0.5, 0.6) is 11.5 Å². The summed E-state index contributed by atoms with van der Waals surface area (Å²) in [6, 6.07) is 16.8. The van der Waals surface area contributed by atoms with E-state index in [0.717, 1.165) is 86.1 Å². The predicted molar refractivity (Wildman–Crippen MR) is 221 cm³/mol. The average Bonchev–Trinajstić information content (AvgIpc) is 3.24. The highest BCUT2D eigenvalue weighted by molar-refractivity contribution is 8.00. The molecule has 2 N–H and O–H groups in total. The molecule has 306 valence electrons. The van der Waals surface area contributed by atoms with Crippen LogP contribution in [0.15, 0.2) is 96.5 Å². The molecule has 0 bridgehead atoms. The number of thioether (sulfide) groups is 1. The number of hydrogen-bond acceptors (Lipinski definition) is 10. The third-order valence-electron chi connectivity index (χ3n) is 11.9. The summed E-state index contributed by atoms with van der Waals surface area (Å²) < 4.78 is 41.3. The number of aryl methyl sites for hydroxylation is 1. The van der Waals surface area contributed by atoms with Gasteiger partial charge in [-0.1, -0.05) is 48.3 Å². The third kappa shape index (κ3) is 9.77. The minimum atomic E-state index is -1.07. The van der Waals surface area contributed by atoms with Crippen LogP contribution in [0.25, 0.3) is 0 Å². The van der Waals surface area contributed by atoms with Crippen molar-refractivity contribution in [1.29, 1.82) is 0 Å². The second-order valence-electron chi connectivity index (χ2n) is 15.5. The second-order valence-corrected chi connectivity index (χ2v) is 16.8. The van der Waals surface area contributed by atoms with Crippen LogP contribution in [0.4, 0.5) is 4.39 Å². The van der Waals surface area contributed by atoms with E-state index < -0.39 is 12.1 Å². The quantitative estimate of drug-likeness (QED) is 0.0658. The van der Waals surface area contributed by atoms with Crippen molar-refractivity contribution in [2.24, 2.45) is 22.9 Å². The van der Waals surface area contributed by atoms with E-state index in [9.17, 15) is 14.6 Å². The number of nitrogens with zero attached hydrogens (tertiary/aromatic N) is 2. The Balaban J connectivity index is 1.34. The molecule has 2 aliphatic heterocycles. The first-order valence-electron chi connectivity index (χ1n) is 20.8. The Morgan fingerprint density at radius 2 is 1.84 bits per heavy atom. The lowest BCUT2D eigenvalue weighted by atomic mass is 9.56. The number of ether oxygens (including phenoxy) is 4. The number of pyridine rings is 1. The number of halogens is 1. The summed E-state index contributed by atoms with van der Waals surface area (Å²) in [5, 5.41) is 24.6. The normalized spacial score (nSPS) is 27.1. The molecule has 7 atom stereocenters. The monoisotopic (exact) mass is 800 g/mol. The molecule has 2 aromatic carbocycles. The molecule has 11 heteroatoms. The minimum absolute atomic E-state index is 0.0758. The summed E-state index contributed by atoms with van der Waals surface area (Å²) in [5.74, 6) is 0.807. The summed E-state index contributed by atoms with van der Waals surface area (Å²) in [7, 11) is 0. The number of rotatable bonds is 20. The van der Waals surface area contributed by atoms with Crippen LogP contribution in [-0.2, 0) is 27.3 Å². The molecule has 7 unspecified atom stereocenters. The van der Waals surface area contributed by atoms with Crippen molar-refractivity contribution in [3.8, 4) is 11.5 Å². The van der Waals surface area contributed by atoms with Crippen LogP contribution < -0.4 is 9.47 Å². The van der Waals surface area contributed by atoms with E-state index in [2.05, 4.69) is 35.8 Å². The zero-order valence-corrected chi connectivity index (χ0v) is 33.6. The van der Waals surface area contributed by atoms with Crippen molar-refractivity contribution in [3.63, 3.8) is 0 Å². The highest BCUT2D eigenvalue weighted by atomic mass is 32.2. The van der Waals surface area contributed by atoms with Gasteiger partial charge in [-0.3, -0.25) is 4.98 Å². The molecule has 4 aliphatic rings. The molecule has 0 radical (unpaired) electrons. The fourth-order valence-electron chi connectivity index (χ4n) is 9.13. The van der Waals surface area contributed by atoms with Gasteiger partial charge in [-0.05, 0) is 110 Å². The average molecular weight is 801 g/mol. The van der Waals surface area contributed by atoms with Gasteiger partial charge in [0.15, 0.2) is 0 Å². The molecule has 1 saturated carbocycles. The number of benzene rings is 2.